The third kappa shape index (κ3) is 3.66. The molecule has 0 fully saturated rings. The van der Waals surface area contributed by atoms with Crippen molar-refractivity contribution in [2.45, 2.75) is 33.4 Å². The Labute approximate surface area is 155 Å². The molecule has 0 aliphatic carbocycles. The quantitative estimate of drug-likeness (QED) is 0.712. The van der Waals surface area contributed by atoms with E-state index in [9.17, 15) is 4.79 Å². The van der Waals surface area contributed by atoms with E-state index < -0.39 is 0 Å². The molecule has 0 saturated heterocycles. The minimum atomic E-state index is -0.379. The van der Waals surface area contributed by atoms with Crippen LogP contribution in [0.2, 0.25) is 0 Å². The molecule has 0 aliphatic rings. The summed E-state index contributed by atoms with van der Waals surface area (Å²) in [6.45, 7) is 6.24. The molecule has 3 aromatic rings. The number of hydrogen-bond donors (Lipinski definition) is 1. The standard InChI is InChI=1S/C18H20BrN5O/c1-12-17(13(2)24(22-12)16-7-5-4-6-8-16)10-20-18(25)14(3)23-11-15(19)9-21-23/h4-9,11,14H,10H2,1-3H3,(H,20,25). The highest BCUT2D eigenvalue weighted by Gasteiger charge is 2.18. The summed E-state index contributed by atoms with van der Waals surface area (Å²) in [5, 5.41) is 11.8. The number of halogens is 1. The fraction of sp³-hybridized carbons (Fsp3) is 0.278. The highest BCUT2D eigenvalue weighted by Crippen LogP contribution is 2.18. The molecule has 1 aromatic carbocycles. The van der Waals surface area contributed by atoms with Gasteiger partial charge in [-0.05, 0) is 48.8 Å². The Bertz CT molecular complexity index is 884. The molecular formula is C18H20BrN5O. The van der Waals surface area contributed by atoms with E-state index in [1.165, 1.54) is 0 Å². The third-order valence-corrected chi connectivity index (χ3v) is 4.64. The largest absolute Gasteiger partial charge is 0.350 e. The first kappa shape index (κ1) is 17.4. The summed E-state index contributed by atoms with van der Waals surface area (Å²) in [7, 11) is 0. The maximum Gasteiger partial charge on any atom is 0.244 e. The van der Waals surface area contributed by atoms with Crippen LogP contribution in [-0.4, -0.2) is 25.5 Å². The van der Waals surface area contributed by atoms with Crippen molar-refractivity contribution in [3.8, 4) is 5.69 Å². The number of rotatable bonds is 5. The van der Waals surface area contributed by atoms with E-state index in [0.717, 1.165) is 27.1 Å². The fourth-order valence-corrected chi connectivity index (χ4v) is 3.02. The Morgan fingerprint density at radius 3 is 2.64 bits per heavy atom. The van der Waals surface area contributed by atoms with Crippen LogP contribution in [0.25, 0.3) is 5.69 Å². The minimum Gasteiger partial charge on any atom is -0.350 e. The van der Waals surface area contributed by atoms with Crippen molar-refractivity contribution in [2.75, 3.05) is 0 Å². The van der Waals surface area contributed by atoms with Gasteiger partial charge in [0, 0.05) is 24.0 Å². The van der Waals surface area contributed by atoms with Gasteiger partial charge >= 0.3 is 0 Å². The maximum absolute atomic E-state index is 12.4. The fourth-order valence-electron chi connectivity index (χ4n) is 2.72. The number of nitrogens with zero attached hydrogens (tertiary/aromatic N) is 4. The van der Waals surface area contributed by atoms with Crippen LogP contribution in [0, 0.1) is 13.8 Å². The summed E-state index contributed by atoms with van der Waals surface area (Å²) in [4.78, 5) is 12.4. The minimum absolute atomic E-state index is 0.0816. The number of hydrogen-bond acceptors (Lipinski definition) is 3. The van der Waals surface area contributed by atoms with Crippen LogP contribution in [-0.2, 0) is 11.3 Å². The molecule has 2 heterocycles. The Morgan fingerprint density at radius 1 is 1.28 bits per heavy atom. The topological polar surface area (TPSA) is 64.7 Å². The molecule has 1 atom stereocenters. The molecule has 7 heteroatoms. The number of benzene rings is 1. The number of nitrogens with one attached hydrogen (secondary N) is 1. The molecule has 6 nitrogen and oxygen atoms in total. The lowest BCUT2D eigenvalue weighted by atomic mass is 10.2. The van der Waals surface area contributed by atoms with Crippen molar-refractivity contribution in [3.05, 3.63) is 64.1 Å². The summed E-state index contributed by atoms with van der Waals surface area (Å²) in [6.07, 6.45) is 3.45. The van der Waals surface area contributed by atoms with Gasteiger partial charge in [-0.1, -0.05) is 18.2 Å². The van der Waals surface area contributed by atoms with E-state index in [1.54, 1.807) is 17.1 Å². The lowest BCUT2D eigenvalue weighted by Crippen LogP contribution is -2.31. The molecule has 2 aromatic heterocycles. The Kier molecular flexibility index (Phi) is 5.03. The second-order valence-electron chi connectivity index (χ2n) is 5.93. The van der Waals surface area contributed by atoms with E-state index >= 15 is 0 Å². The number of amides is 1. The molecule has 3 rings (SSSR count). The van der Waals surface area contributed by atoms with Crippen LogP contribution < -0.4 is 5.32 Å². The molecule has 1 amide bonds. The summed E-state index contributed by atoms with van der Waals surface area (Å²) < 4.78 is 4.39. The van der Waals surface area contributed by atoms with Gasteiger partial charge in [-0.3, -0.25) is 9.48 Å². The van der Waals surface area contributed by atoms with E-state index in [-0.39, 0.29) is 11.9 Å². The molecule has 0 radical (unpaired) electrons. The second kappa shape index (κ2) is 7.23. The van der Waals surface area contributed by atoms with Gasteiger partial charge in [0.05, 0.1) is 22.1 Å². The smallest absolute Gasteiger partial charge is 0.244 e. The molecule has 1 N–H and O–H groups in total. The van der Waals surface area contributed by atoms with Crippen molar-refractivity contribution >= 4 is 21.8 Å². The first-order valence-electron chi connectivity index (χ1n) is 8.05. The number of aromatic nitrogens is 4. The highest BCUT2D eigenvalue weighted by atomic mass is 79.9. The zero-order chi connectivity index (χ0) is 18.0. The average Bonchev–Trinajstić information content (AvgIpc) is 3.16. The van der Waals surface area contributed by atoms with Crippen LogP contribution in [0.15, 0.2) is 47.2 Å². The molecular weight excluding hydrogens is 382 g/mol. The van der Waals surface area contributed by atoms with E-state index in [0.29, 0.717) is 6.54 Å². The van der Waals surface area contributed by atoms with Gasteiger partial charge in [0.2, 0.25) is 5.91 Å². The van der Waals surface area contributed by atoms with Gasteiger partial charge in [-0.2, -0.15) is 10.2 Å². The van der Waals surface area contributed by atoms with Gasteiger partial charge in [-0.25, -0.2) is 4.68 Å². The predicted molar refractivity (Wildman–Crippen MR) is 99.5 cm³/mol. The summed E-state index contributed by atoms with van der Waals surface area (Å²) >= 11 is 3.34. The number of carbonyl (C=O) groups excluding carboxylic acids is 1. The van der Waals surface area contributed by atoms with E-state index in [1.807, 2.05) is 55.8 Å². The first-order valence-corrected chi connectivity index (χ1v) is 8.84. The van der Waals surface area contributed by atoms with Crippen molar-refractivity contribution in [1.82, 2.24) is 24.9 Å². The maximum atomic E-state index is 12.4. The molecule has 130 valence electrons. The van der Waals surface area contributed by atoms with Gasteiger partial charge in [0.25, 0.3) is 0 Å². The zero-order valence-corrected chi connectivity index (χ0v) is 16.0. The Balaban J connectivity index is 1.73. The van der Waals surface area contributed by atoms with Crippen molar-refractivity contribution in [3.63, 3.8) is 0 Å². The van der Waals surface area contributed by atoms with Gasteiger partial charge in [-0.15, -0.1) is 0 Å². The van der Waals surface area contributed by atoms with E-state index in [2.05, 4.69) is 31.4 Å². The van der Waals surface area contributed by atoms with Crippen LogP contribution in [0.3, 0.4) is 0 Å². The Morgan fingerprint density at radius 2 is 2.00 bits per heavy atom. The zero-order valence-electron chi connectivity index (χ0n) is 14.4. The normalized spacial score (nSPS) is 12.2. The molecule has 25 heavy (non-hydrogen) atoms. The third-order valence-electron chi connectivity index (χ3n) is 4.23. The SMILES string of the molecule is Cc1nn(-c2ccccc2)c(C)c1CNC(=O)C(C)n1cc(Br)cn1. The molecule has 0 saturated carbocycles. The van der Waals surface area contributed by atoms with Gasteiger partial charge in [0.15, 0.2) is 0 Å². The van der Waals surface area contributed by atoms with Crippen molar-refractivity contribution in [1.29, 1.82) is 0 Å². The average molecular weight is 402 g/mol. The predicted octanol–water partition coefficient (Wildman–Crippen LogP) is 3.33. The summed E-state index contributed by atoms with van der Waals surface area (Å²) in [5.74, 6) is -0.0816. The second-order valence-corrected chi connectivity index (χ2v) is 6.84. The molecule has 0 bridgehead atoms. The summed E-state index contributed by atoms with van der Waals surface area (Å²) in [5.41, 5.74) is 3.98. The first-order chi connectivity index (χ1) is 12.0. The lowest BCUT2D eigenvalue weighted by Gasteiger charge is -2.13. The number of aryl methyl sites for hydroxylation is 1. The van der Waals surface area contributed by atoms with Crippen LogP contribution >= 0.6 is 15.9 Å². The molecule has 0 aliphatic heterocycles. The van der Waals surface area contributed by atoms with E-state index in [4.69, 9.17) is 0 Å². The number of carbonyl (C=O) groups is 1. The van der Waals surface area contributed by atoms with Crippen molar-refractivity contribution in [2.24, 2.45) is 0 Å². The van der Waals surface area contributed by atoms with Gasteiger partial charge < -0.3 is 5.32 Å². The molecule has 1 unspecified atom stereocenters. The summed E-state index contributed by atoms with van der Waals surface area (Å²) in [6, 6.07) is 9.59. The highest BCUT2D eigenvalue weighted by molar-refractivity contribution is 9.10. The Hall–Kier alpha value is -2.41. The van der Waals surface area contributed by atoms with Crippen LogP contribution in [0.5, 0.6) is 0 Å². The van der Waals surface area contributed by atoms with Gasteiger partial charge in [0.1, 0.15) is 6.04 Å². The molecule has 0 spiro atoms. The monoisotopic (exact) mass is 401 g/mol. The lowest BCUT2D eigenvalue weighted by molar-refractivity contribution is -0.124. The number of para-hydroxylation sites is 1. The van der Waals surface area contributed by atoms with Crippen LogP contribution in [0.4, 0.5) is 0 Å². The van der Waals surface area contributed by atoms with Crippen molar-refractivity contribution < 1.29 is 4.79 Å². The van der Waals surface area contributed by atoms with Crippen LogP contribution in [0.1, 0.15) is 29.9 Å².